The molecule has 0 aromatic carbocycles. The van der Waals surface area contributed by atoms with Gasteiger partial charge in [0.15, 0.2) is 37.7 Å². The van der Waals surface area contributed by atoms with Gasteiger partial charge in [0.2, 0.25) is 0 Å². The molecule has 95 heavy (non-hydrogen) atoms. The lowest BCUT2D eigenvalue weighted by molar-refractivity contribution is -0.306. The lowest BCUT2D eigenvalue weighted by atomic mass is 9.84. The van der Waals surface area contributed by atoms with Gasteiger partial charge in [-0.05, 0) is 32.1 Å². The number of aliphatic hydroxyl groups excluding tert-OH is 12. The highest BCUT2D eigenvalue weighted by Gasteiger charge is 2.58. The standard InChI is InChI=1S/C53H98N18O24/c54-6-20-32(74)36(78)26(62)48(84-20)90-42-18(60)4-16(58)30(72)46(42)94-52-40(82)44(92-50-28(64)38(80)34(76)22(8-56)86-50)24(88-52)12-70-10-14(66-68-70)2-1-3-15-11-71(69-67-15)13-25-45(93-51-29(65)39(81)35(77)23(9-57)87-51)41(83)53(89-25)95-47-31(73)17(59)5-19(61)43(47)91-49-27(63)37(79)33(75)21(7-55)85-49/h10-11,16-53,72-83H,1-9,12-13,54-65H2/t16-,17-,18+,19+,20-,21-,22+,23+,24-,25-,26-,27-,28-,29-,30+,31+,32-,33-,34-,35-,36-,37-,38-,39-,40-,41-,42-,43-,44-,45-,46-,47-,48-,49-,50-,51-,52+,53+/m1/s1. The molecule has 2 aromatic rings. The van der Waals surface area contributed by atoms with Crippen molar-refractivity contribution in [3.8, 4) is 0 Å². The second-order valence-corrected chi connectivity index (χ2v) is 25.8. The van der Waals surface area contributed by atoms with Crippen molar-refractivity contribution in [2.45, 2.75) is 278 Å². The van der Waals surface area contributed by atoms with Crippen LogP contribution in [0.5, 0.6) is 0 Å². The predicted octanol–water partition coefficient (Wildman–Crippen LogP) is -16.7. The first-order valence-corrected chi connectivity index (χ1v) is 31.8. The molecule has 36 N–H and O–H groups in total. The number of rotatable bonds is 24. The van der Waals surface area contributed by atoms with Crippen LogP contribution < -0.4 is 68.8 Å². The van der Waals surface area contributed by atoms with Crippen molar-refractivity contribution in [1.82, 2.24) is 30.0 Å². The van der Waals surface area contributed by atoms with Crippen LogP contribution in [0.4, 0.5) is 0 Å². The molecule has 0 bridgehead atoms. The van der Waals surface area contributed by atoms with Gasteiger partial charge < -0.3 is 187 Å². The van der Waals surface area contributed by atoms with Gasteiger partial charge in [0.1, 0.15) is 134 Å². The highest BCUT2D eigenvalue weighted by Crippen LogP contribution is 2.38. The molecule has 0 unspecified atom stereocenters. The highest BCUT2D eigenvalue weighted by molar-refractivity contribution is 5.06. The summed E-state index contributed by atoms with van der Waals surface area (Å²) in [5, 5.41) is 150. The molecule has 8 aliphatic rings. The summed E-state index contributed by atoms with van der Waals surface area (Å²) < 4.78 is 76.4. The first-order valence-electron chi connectivity index (χ1n) is 31.8. The van der Waals surface area contributed by atoms with E-state index in [9.17, 15) is 61.3 Å². The minimum absolute atomic E-state index is 0.0133. The summed E-state index contributed by atoms with van der Waals surface area (Å²) in [6.07, 6.45) is -38.3. The van der Waals surface area contributed by atoms with Gasteiger partial charge in [-0.25, -0.2) is 9.36 Å². The summed E-state index contributed by atoms with van der Waals surface area (Å²) in [7, 11) is 0. The molecule has 8 fully saturated rings. The van der Waals surface area contributed by atoms with E-state index in [1.165, 1.54) is 9.36 Å². The summed E-state index contributed by atoms with van der Waals surface area (Å²) in [4.78, 5) is 0. The van der Waals surface area contributed by atoms with Crippen molar-refractivity contribution < 1.29 is 118 Å². The zero-order chi connectivity index (χ0) is 68.8. The van der Waals surface area contributed by atoms with Crippen molar-refractivity contribution in [3.05, 3.63) is 23.8 Å². The quantitative estimate of drug-likeness (QED) is 0.0464. The third-order valence-corrected chi connectivity index (χ3v) is 19.2. The van der Waals surface area contributed by atoms with Crippen LogP contribution in [0.2, 0.25) is 0 Å². The van der Waals surface area contributed by atoms with E-state index in [0.29, 0.717) is 30.7 Å². The molecular weight excluding hydrogens is 1270 g/mol. The number of hydrogen-bond acceptors (Lipinski definition) is 40. The molecule has 6 saturated heterocycles. The Morgan fingerprint density at radius 1 is 0.337 bits per heavy atom. The maximum atomic E-state index is 12.0. The fraction of sp³-hybridized carbons (Fsp3) is 0.925. The Morgan fingerprint density at radius 2 is 0.611 bits per heavy atom. The molecule has 38 atom stereocenters. The maximum Gasteiger partial charge on any atom is 0.187 e. The average Bonchev–Trinajstić information content (AvgIpc) is 1.76. The Bertz CT molecular complexity index is 2540. The van der Waals surface area contributed by atoms with Crippen molar-refractivity contribution in [3.63, 3.8) is 0 Å². The third kappa shape index (κ3) is 15.8. The van der Waals surface area contributed by atoms with Crippen LogP contribution >= 0.6 is 0 Å². The van der Waals surface area contributed by atoms with E-state index in [4.69, 9.17) is 126 Å². The summed E-state index contributed by atoms with van der Waals surface area (Å²) >= 11 is 0. The first kappa shape index (κ1) is 74.5. The molecule has 544 valence electrons. The smallest absolute Gasteiger partial charge is 0.187 e. The Balaban J connectivity index is 0.812. The van der Waals surface area contributed by atoms with Crippen molar-refractivity contribution in [2.75, 3.05) is 26.2 Å². The van der Waals surface area contributed by atoms with Crippen molar-refractivity contribution in [2.24, 2.45) is 68.8 Å². The lowest BCUT2D eigenvalue weighted by Crippen LogP contribution is -2.68. The molecule has 2 saturated carbocycles. The van der Waals surface area contributed by atoms with E-state index in [2.05, 4.69) is 20.6 Å². The van der Waals surface area contributed by atoms with E-state index in [1.54, 1.807) is 12.4 Å². The zero-order valence-electron chi connectivity index (χ0n) is 51.7. The van der Waals surface area contributed by atoms with Gasteiger partial charge in [-0.3, -0.25) is 0 Å². The molecular formula is C53H98N18O24. The van der Waals surface area contributed by atoms with E-state index in [-0.39, 0.29) is 52.1 Å². The molecule has 42 nitrogen and oxygen atoms in total. The molecule has 0 radical (unpaired) electrons. The van der Waals surface area contributed by atoms with Crippen LogP contribution in [0.15, 0.2) is 12.4 Å². The Morgan fingerprint density at radius 3 is 0.905 bits per heavy atom. The van der Waals surface area contributed by atoms with E-state index >= 15 is 0 Å². The first-order chi connectivity index (χ1) is 45.2. The SMILES string of the molecule is NC[C@@H]1O[C@H](O[C@H]2[C@@H](O)[C@H](O[C@@H]3[C@@H](O)[C@H](N)C[C@H](N)[C@H]3O[C@H]3O[C@H](CN)[C@@H](O)[C@H](O)[C@H]3N)O[C@@H]2Cn2cc(CCCc3cn(C[C@H]4O[C@@H](O[C@@H]5[C@@H](O)[C@H](N)C[C@H](N)[C@H]5O[C@H]5O[C@H](CN)[C@@H](O)[C@H](O)[C@H]5N)[C@H](O)[C@@H]4O[C@H]4O[C@@H](CN)[C@@H](O)[C@H](O)[C@H]4N)nn3)nn2)[C@H](N)[C@@H](O)[C@@H]1O. The van der Waals surface area contributed by atoms with Gasteiger partial charge in [0.25, 0.3) is 0 Å². The Kier molecular flexibility index (Phi) is 24.9. The van der Waals surface area contributed by atoms with Gasteiger partial charge >= 0.3 is 0 Å². The Labute approximate surface area is 543 Å². The number of nitrogens with zero attached hydrogens (tertiary/aromatic N) is 6. The van der Waals surface area contributed by atoms with E-state index in [0.717, 1.165) is 0 Å². The molecule has 2 aromatic heterocycles. The van der Waals surface area contributed by atoms with Crippen LogP contribution in [-0.4, -0.2) is 350 Å². The minimum atomic E-state index is -1.72. The number of ether oxygens (including phenoxy) is 12. The van der Waals surface area contributed by atoms with Crippen molar-refractivity contribution in [1.29, 1.82) is 0 Å². The molecule has 10 rings (SSSR count). The van der Waals surface area contributed by atoms with Gasteiger partial charge in [-0.2, -0.15) is 0 Å². The minimum Gasteiger partial charge on any atom is -0.389 e. The summed E-state index contributed by atoms with van der Waals surface area (Å²) in [6.45, 7) is -1.28. The number of hydrogen-bond donors (Lipinski definition) is 24. The lowest BCUT2D eigenvalue weighted by Gasteiger charge is -2.47. The zero-order valence-corrected chi connectivity index (χ0v) is 51.7. The van der Waals surface area contributed by atoms with Crippen LogP contribution in [0, 0.1) is 0 Å². The maximum absolute atomic E-state index is 12.0. The van der Waals surface area contributed by atoms with Crippen LogP contribution in [0.25, 0.3) is 0 Å². The summed E-state index contributed by atoms with van der Waals surface area (Å²) in [5.74, 6) is 0. The summed E-state index contributed by atoms with van der Waals surface area (Å²) in [5.41, 5.74) is 75.1. The molecule has 2 aliphatic carbocycles. The van der Waals surface area contributed by atoms with Crippen LogP contribution in [0.1, 0.15) is 30.7 Å². The van der Waals surface area contributed by atoms with Gasteiger partial charge in [-0.15, -0.1) is 10.2 Å². The fourth-order valence-electron chi connectivity index (χ4n) is 13.4. The fourth-order valence-corrected chi connectivity index (χ4v) is 13.4. The predicted molar refractivity (Wildman–Crippen MR) is 315 cm³/mol. The van der Waals surface area contributed by atoms with Crippen molar-refractivity contribution >= 4 is 0 Å². The largest absolute Gasteiger partial charge is 0.389 e. The normalized spacial score (nSPS) is 49.1. The molecule has 42 heteroatoms. The Hall–Kier alpha value is -3.16. The van der Waals surface area contributed by atoms with Gasteiger partial charge in [-0.1, -0.05) is 10.4 Å². The molecule has 8 heterocycles. The second-order valence-electron chi connectivity index (χ2n) is 25.8. The van der Waals surface area contributed by atoms with Crippen LogP contribution in [-0.2, 0) is 82.8 Å². The average molecular weight is 1370 g/mol. The molecule has 6 aliphatic heterocycles. The topological polar surface area (TPSA) is 727 Å². The van der Waals surface area contributed by atoms with Gasteiger partial charge in [0, 0.05) is 62.7 Å². The number of aromatic nitrogens is 6. The second kappa shape index (κ2) is 31.8. The third-order valence-electron chi connectivity index (χ3n) is 19.2. The molecule has 0 spiro atoms. The highest BCUT2D eigenvalue weighted by atomic mass is 16.8. The molecule has 0 amide bonds. The number of nitrogens with two attached hydrogens (primary N) is 12. The number of aryl methyl sites for hydroxylation is 2. The van der Waals surface area contributed by atoms with Crippen LogP contribution in [0.3, 0.4) is 0 Å². The number of aliphatic hydroxyl groups is 12. The van der Waals surface area contributed by atoms with E-state index in [1.807, 2.05) is 0 Å². The van der Waals surface area contributed by atoms with Gasteiger partial charge in [0.05, 0.1) is 60.9 Å². The monoisotopic (exact) mass is 1370 g/mol. The van der Waals surface area contributed by atoms with E-state index < -0.39 is 233 Å². The summed E-state index contributed by atoms with van der Waals surface area (Å²) in [6, 6.07) is -9.20.